The summed E-state index contributed by atoms with van der Waals surface area (Å²) in [5.41, 5.74) is 1.88. The molecule has 3 N–H and O–H groups in total. The van der Waals surface area contributed by atoms with Gasteiger partial charge in [0, 0.05) is 11.9 Å². The number of amides is 2. The number of carboxylic acid groups (broad SMARTS) is 1. The molecule has 0 aliphatic carbocycles. The summed E-state index contributed by atoms with van der Waals surface area (Å²) in [4.78, 5) is 26.9. The van der Waals surface area contributed by atoms with Gasteiger partial charge < -0.3 is 15.7 Å². The topological polar surface area (TPSA) is 91.3 Å². The van der Waals surface area contributed by atoms with Gasteiger partial charge in [-0.1, -0.05) is 12.1 Å². The quantitative estimate of drug-likeness (QED) is 0.804. The van der Waals surface area contributed by atoms with Crippen molar-refractivity contribution in [3.05, 3.63) is 59.4 Å². The summed E-state index contributed by atoms with van der Waals surface area (Å²) in [6.07, 6.45) is 1.65. The van der Waals surface area contributed by atoms with Crippen LogP contribution in [0.2, 0.25) is 0 Å². The average Bonchev–Trinajstić information content (AvgIpc) is 2.48. The van der Waals surface area contributed by atoms with Gasteiger partial charge in [-0.25, -0.2) is 9.59 Å². The minimum Gasteiger partial charge on any atom is -0.478 e. The van der Waals surface area contributed by atoms with Crippen molar-refractivity contribution in [2.24, 2.45) is 0 Å². The van der Waals surface area contributed by atoms with Gasteiger partial charge in [0.15, 0.2) is 0 Å². The first-order valence-corrected chi connectivity index (χ1v) is 6.35. The second kappa shape index (κ2) is 6.51. The molecule has 0 fully saturated rings. The van der Waals surface area contributed by atoms with Crippen molar-refractivity contribution >= 4 is 17.7 Å². The first-order chi connectivity index (χ1) is 10.1. The predicted octanol–water partition coefficient (Wildman–Crippen LogP) is 2.41. The predicted molar refractivity (Wildman–Crippen MR) is 78.2 cm³/mol. The number of rotatable bonds is 4. The van der Waals surface area contributed by atoms with E-state index in [1.165, 1.54) is 6.07 Å². The molecule has 0 atom stereocenters. The molecule has 108 valence electrons. The highest BCUT2D eigenvalue weighted by atomic mass is 16.4. The molecule has 0 spiro atoms. The van der Waals surface area contributed by atoms with E-state index in [0.29, 0.717) is 17.8 Å². The number of urea groups is 1. The number of benzene rings is 1. The zero-order valence-corrected chi connectivity index (χ0v) is 11.5. The van der Waals surface area contributed by atoms with Crippen LogP contribution in [0.15, 0.2) is 42.6 Å². The molecule has 0 radical (unpaired) electrons. The molecule has 1 heterocycles. The van der Waals surface area contributed by atoms with Crippen LogP contribution >= 0.6 is 0 Å². The summed E-state index contributed by atoms with van der Waals surface area (Å²) < 4.78 is 0. The molecule has 1 aromatic heterocycles. The second-order valence-electron chi connectivity index (χ2n) is 4.41. The summed E-state index contributed by atoms with van der Waals surface area (Å²) in [6.45, 7) is 1.95. The van der Waals surface area contributed by atoms with E-state index < -0.39 is 12.0 Å². The van der Waals surface area contributed by atoms with Crippen LogP contribution in [0, 0.1) is 6.92 Å². The summed E-state index contributed by atoms with van der Waals surface area (Å²) in [5.74, 6) is -1.02. The number of carboxylic acids is 1. The Kier molecular flexibility index (Phi) is 4.50. The molecule has 6 heteroatoms. The molecule has 2 amide bonds. The van der Waals surface area contributed by atoms with Crippen LogP contribution in [0.3, 0.4) is 0 Å². The largest absolute Gasteiger partial charge is 0.478 e. The fraction of sp³-hybridized carbons (Fsp3) is 0.133. The van der Waals surface area contributed by atoms with E-state index in [0.717, 1.165) is 5.69 Å². The lowest BCUT2D eigenvalue weighted by Gasteiger charge is -2.11. The van der Waals surface area contributed by atoms with Gasteiger partial charge in [-0.05, 0) is 36.8 Å². The normalized spacial score (nSPS) is 9.95. The molecule has 0 unspecified atom stereocenters. The highest BCUT2D eigenvalue weighted by Crippen LogP contribution is 2.18. The van der Waals surface area contributed by atoms with Crippen LogP contribution in [-0.2, 0) is 6.54 Å². The summed E-state index contributed by atoms with van der Waals surface area (Å²) in [7, 11) is 0. The van der Waals surface area contributed by atoms with Crippen LogP contribution in [0.25, 0.3) is 0 Å². The third kappa shape index (κ3) is 3.79. The maximum Gasteiger partial charge on any atom is 0.336 e. The molecular weight excluding hydrogens is 270 g/mol. The van der Waals surface area contributed by atoms with Crippen LogP contribution < -0.4 is 10.6 Å². The third-order valence-corrected chi connectivity index (χ3v) is 2.97. The number of aromatic carboxylic acids is 1. The highest BCUT2D eigenvalue weighted by Gasteiger charge is 2.11. The number of carbonyl (C=O) groups is 2. The SMILES string of the molecule is Cc1c(NC(=O)NCc2ccccn2)cccc1C(=O)O. The van der Waals surface area contributed by atoms with E-state index in [2.05, 4.69) is 15.6 Å². The molecule has 0 saturated heterocycles. The highest BCUT2D eigenvalue weighted by molar-refractivity contribution is 5.95. The number of anilines is 1. The molecule has 21 heavy (non-hydrogen) atoms. The van der Waals surface area contributed by atoms with E-state index in [-0.39, 0.29) is 5.56 Å². The number of hydrogen-bond acceptors (Lipinski definition) is 3. The Morgan fingerprint density at radius 3 is 2.67 bits per heavy atom. The van der Waals surface area contributed by atoms with Gasteiger partial charge in [-0.3, -0.25) is 4.98 Å². The standard InChI is InChI=1S/C15H15N3O3/c1-10-12(14(19)20)6-4-7-13(10)18-15(21)17-9-11-5-2-3-8-16-11/h2-8H,9H2,1H3,(H,19,20)(H2,17,18,21). The minimum atomic E-state index is -1.02. The molecule has 0 aliphatic heterocycles. The van der Waals surface area contributed by atoms with Gasteiger partial charge in [-0.2, -0.15) is 0 Å². The number of pyridine rings is 1. The molecule has 0 bridgehead atoms. The van der Waals surface area contributed by atoms with E-state index >= 15 is 0 Å². The molecule has 0 saturated carbocycles. The van der Waals surface area contributed by atoms with Gasteiger partial charge in [0.05, 0.1) is 17.8 Å². The summed E-state index contributed by atoms with van der Waals surface area (Å²) in [6, 6.07) is 9.76. The van der Waals surface area contributed by atoms with E-state index in [4.69, 9.17) is 5.11 Å². The lowest BCUT2D eigenvalue weighted by molar-refractivity contribution is 0.0696. The van der Waals surface area contributed by atoms with Crippen LogP contribution in [0.5, 0.6) is 0 Å². The van der Waals surface area contributed by atoms with Crippen molar-refractivity contribution in [3.63, 3.8) is 0 Å². The Morgan fingerprint density at radius 1 is 1.19 bits per heavy atom. The Bertz CT molecular complexity index is 656. The molecular formula is C15H15N3O3. The van der Waals surface area contributed by atoms with E-state index in [1.54, 1.807) is 37.4 Å². The van der Waals surface area contributed by atoms with Crippen molar-refractivity contribution in [1.29, 1.82) is 0 Å². The first kappa shape index (κ1) is 14.5. The molecule has 0 aliphatic rings. The Hall–Kier alpha value is -2.89. The summed E-state index contributed by atoms with van der Waals surface area (Å²) in [5, 5.41) is 14.3. The van der Waals surface area contributed by atoms with E-state index in [9.17, 15) is 9.59 Å². The Labute approximate surface area is 121 Å². The van der Waals surface area contributed by atoms with Crippen LogP contribution in [0.4, 0.5) is 10.5 Å². The number of hydrogen-bond donors (Lipinski definition) is 3. The maximum atomic E-state index is 11.8. The smallest absolute Gasteiger partial charge is 0.336 e. The number of aromatic nitrogens is 1. The molecule has 2 rings (SSSR count). The lowest BCUT2D eigenvalue weighted by Crippen LogP contribution is -2.29. The van der Waals surface area contributed by atoms with Crippen molar-refractivity contribution in [2.45, 2.75) is 13.5 Å². The zero-order chi connectivity index (χ0) is 15.2. The van der Waals surface area contributed by atoms with Crippen molar-refractivity contribution in [2.75, 3.05) is 5.32 Å². The number of carbonyl (C=O) groups excluding carboxylic acids is 1. The Balaban J connectivity index is 2.00. The molecule has 1 aromatic carbocycles. The summed E-state index contributed by atoms with van der Waals surface area (Å²) >= 11 is 0. The average molecular weight is 285 g/mol. The second-order valence-corrected chi connectivity index (χ2v) is 4.41. The van der Waals surface area contributed by atoms with Gasteiger partial charge in [0.2, 0.25) is 0 Å². The number of nitrogens with one attached hydrogen (secondary N) is 2. The van der Waals surface area contributed by atoms with Crippen molar-refractivity contribution < 1.29 is 14.7 Å². The van der Waals surface area contributed by atoms with Gasteiger partial charge >= 0.3 is 12.0 Å². The fourth-order valence-electron chi connectivity index (χ4n) is 1.84. The van der Waals surface area contributed by atoms with Crippen molar-refractivity contribution in [3.8, 4) is 0 Å². The minimum absolute atomic E-state index is 0.164. The van der Waals surface area contributed by atoms with Gasteiger partial charge in [0.1, 0.15) is 0 Å². The molecule has 2 aromatic rings. The molecule has 6 nitrogen and oxygen atoms in total. The number of nitrogens with zero attached hydrogens (tertiary/aromatic N) is 1. The van der Waals surface area contributed by atoms with E-state index in [1.807, 2.05) is 6.07 Å². The van der Waals surface area contributed by atoms with Gasteiger partial charge in [-0.15, -0.1) is 0 Å². The third-order valence-electron chi connectivity index (χ3n) is 2.97. The van der Waals surface area contributed by atoms with Crippen molar-refractivity contribution in [1.82, 2.24) is 10.3 Å². The first-order valence-electron chi connectivity index (χ1n) is 6.35. The lowest BCUT2D eigenvalue weighted by atomic mass is 10.1. The maximum absolute atomic E-state index is 11.8. The zero-order valence-electron chi connectivity index (χ0n) is 11.5. The van der Waals surface area contributed by atoms with Crippen LogP contribution in [0.1, 0.15) is 21.6 Å². The van der Waals surface area contributed by atoms with Crippen LogP contribution in [-0.4, -0.2) is 22.1 Å². The van der Waals surface area contributed by atoms with Gasteiger partial charge in [0.25, 0.3) is 0 Å². The fourth-order valence-corrected chi connectivity index (χ4v) is 1.84. The monoisotopic (exact) mass is 285 g/mol. The Morgan fingerprint density at radius 2 is 2.00 bits per heavy atom.